The molecule has 2 aliphatic heterocycles. The fourth-order valence-corrected chi connectivity index (χ4v) is 6.38. The Bertz CT molecular complexity index is 1370. The number of aromatic nitrogens is 1. The summed E-state index contributed by atoms with van der Waals surface area (Å²) in [6.45, 7) is 13.7. The number of carboxylic acid groups (broad SMARTS) is 1. The van der Waals surface area contributed by atoms with Crippen molar-refractivity contribution in [2.75, 3.05) is 26.2 Å². The molecular weight excluding hydrogens is 531 g/mol. The van der Waals surface area contributed by atoms with Crippen LogP contribution in [-0.4, -0.2) is 64.1 Å². The number of hydrogen-bond acceptors (Lipinski definition) is 3. The molecule has 222 valence electrons. The van der Waals surface area contributed by atoms with Gasteiger partial charge in [0.15, 0.2) is 0 Å². The molecule has 6 nitrogen and oxygen atoms in total. The minimum Gasteiger partial charge on any atom is -0.475 e. The zero-order valence-electron chi connectivity index (χ0n) is 24.3. The second-order valence-corrected chi connectivity index (χ2v) is 12.2. The number of H-pyrrole nitrogens is 1. The number of amides is 1. The zero-order valence-corrected chi connectivity index (χ0v) is 24.3. The standard InChI is InChI=1S/C30H39N3O.C2HF3O2/c1-21-9-7-10-22(2)27(21)23-13-17-32(18-14-23)19-25-24-11-5-6-12-26(24)31-28(25)29(34)33-16-8-15-30(3,4)20-33;3-2(4,5)1(6)7/h5-7,9-12,23,31H,8,13-20H2,1-4H3;(H,6,7). The average molecular weight is 572 g/mol. The number of carbonyl (C=O) groups excluding carboxylic acids is 1. The van der Waals surface area contributed by atoms with Gasteiger partial charge in [0.2, 0.25) is 0 Å². The largest absolute Gasteiger partial charge is 0.490 e. The van der Waals surface area contributed by atoms with Crippen LogP contribution in [0.4, 0.5) is 13.2 Å². The molecule has 0 atom stereocenters. The van der Waals surface area contributed by atoms with E-state index in [1.165, 1.54) is 41.3 Å². The minimum absolute atomic E-state index is 0.171. The second-order valence-electron chi connectivity index (χ2n) is 12.2. The van der Waals surface area contributed by atoms with E-state index >= 15 is 0 Å². The van der Waals surface area contributed by atoms with Gasteiger partial charge in [-0.05, 0) is 86.7 Å². The van der Waals surface area contributed by atoms with Crippen LogP contribution < -0.4 is 0 Å². The smallest absolute Gasteiger partial charge is 0.475 e. The molecule has 0 bridgehead atoms. The third-order valence-electron chi connectivity index (χ3n) is 8.38. The number of likely N-dealkylation sites (tertiary alicyclic amines) is 2. The molecular formula is C32H40F3N3O3. The molecule has 0 saturated carbocycles. The number of halogens is 3. The Morgan fingerprint density at radius 2 is 1.61 bits per heavy atom. The lowest BCUT2D eigenvalue weighted by molar-refractivity contribution is -0.192. The highest BCUT2D eigenvalue weighted by Crippen LogP contribution is 2.35. The number of hydrogen-bond donors (Lipinski definition) is 2. The van der Waals surface area contributed by atoms with Gasteiger partial charge in [-0.15, -0.1) is 0 Å². The van der Waals surface area contributed by atoms with Gasteiger partial charge >= 0.3 is 12.1 Å². The maximum Gasteiger partial charge on any atom is 0.490 e. The van der Waals surface area contributed by atoms with Gasteiger partial charge < -0.3 is 15.0 Å². The summed E-state index contributed by atoms with van der Waals surface area (Å²) in [5.74, 6) is -1.95. The highest BCUT2D eigenvalue weighted by Gasteiger charge is 2.38. The third kappa shape index (κ3) is 7.31. The highest BCUT2D eigenvalue weighted by atomic mass is 19.4. The van der Waals surface area contributed by atoms with Crippen LogP contribution in [0.1, 0.15) is 78.2 Å². The molecule has 2 aromatic carbocycles. The van der Waals surface area contributed by atoms with E-state index in [-0.39, 0.29) is 11.3 Å². The van der Waals surface area contributed by atoms with E-state index < -0.39 is 12.1 Å². The number of fused-ring (bicyclic) bond motifs is 1. The summed E-state index contributed by atoms with van der Waals surface area (Å²) in [5.41, 5.74) is 7.64. The van der Waals surface area contributed by atoms with Gasteiger partial charge in [-0.3, -0.25) is 9.69 Å². The van der Waals surface area contributed by atoms with Gasteiger partial charge in [0.1, 0.15) is 5.69 Å². The molecule has 2 N–H and O–H groups in total. The first-order chi connectivity index (χ1) is 19.3. The van der Waals surface area contributed by atoms with E-state index in [1.54, 1.807) is 5.56 Å². The predicted molar refractivity (Wildman–Crippen MR) is 154 cm³/mol. The minimum atomic E-state index is -5.08. The van der Waals surface area contributed by atoms with E-state index in [2.05, 4.69) is 84.9 Å². The van der Waals surface area contributed by atoms with E-state index in [4.69, 9.17) is 9.90 Å². The lowest BCUT2D eigenvalue weighted by atomic mass is 9.84. The van der Waals surface area contributed by atoms with Gasteiger partial charge in [-0.25, -0.2) is 4.79 Å². The molecule has 2 saturated heterocycles. The predicted octanol–water partition coefficient (Wildman–Crippen LogP) is 7.06. The number of rotatable bonds is 4. The van der Waals surface area contributed by atoms with Crippen molar-refractivity contribution in [3.05, 3.63) is 70.4 Å². The molecule has 9 heteroatoms. The van der Waals surface area contributed by atoms with E-state index in [9.17, 15) is 18.0 Å². The summed E-state index contributed by atoms with van der Waals surface area (Å²) in [5, 5.41) is 8.32. The Balaban J connectivity index is 0.000000493. The number of aromatic amines is 1. The normalized spacial score (nSPS) is 18.2. The second kappa shape index (κ2) is 12.3. The van der Waals surface area contributed by atoms with Crippen molar-refractivity contribution >= 4 is 22.8 Å². The Morgan fingerprint density at radius 3 is 2.20 bits per heavy atom. The number of alkyl halides is 3. The van der Waals surface area contributed by atoms with Crippen LogP contribution in [-0.2, 0) is 11.3 Å². The van der Waals surface area contributed by atoms with Gasteiger partial charge in [0.25, 0.3) is 5.91 Å². The Hall–Kier alpha value is -3.33. The molecule has 3 heterocycles. The molecule has 3 aromatic rings. The molecule has 1 aromatic heterocycles. The van der Waals surface area contributed by atoms with E-state index in [0.717, 1.165) is 50.4 Å². The Labute approximate surface area is 239 Å². The highest BCUT2D eigenvalue weighted by molar-refractivity contribution is 6.01. The van der Waals surface area contributed by atoms with Crippen molar-refractivity contribution in [1.29, 1.82) is 0 Å². The molecule has 0 unspecified atom stereocenters. The van der Waals surface area contributed by atoms with Crippen LogP contribution in [0, 0.1) is 19.3 Å². The van der Waals surface area contributed by atoms with Gasteiger partial charge in [-0.1, -0.05) is 50.2 Å². The zero-order chi connectivity index (χ0) is 29.9. The van der Waals surface area contributed by atoms with Crippen LogP contribution in [0.2, 0.25) is 0 Å². The summed E-state index contributed by atoms with van der Waals surface area (Å²) in [6, 6.07) is 15.1. The number of para-hydroxylation sites is 1. The number of piperidine rings is 2. The van der Waals surface area contributed by atoms with Crippen molar-refractivity contribution in [1.82, 2.24) is 14.8 Å². The fraction of sp³-hybridized carbons (Fsp3) is 0.500. The molecule has 0 aliphatic carbocycles. The van der Waals surface area contributed by atoms with Crippen LogP contribution in [0.3, 0.4) is 0 Å². The fourth-order valence-electron chi connectivity index (χ4n) is 6.38. The quantitative estimate of drug-likeness (QED) is 0.352. The number of nitrogens with zero attached hydrogens (tertiary/aromatic N) is 2. The number of carboxylic acids is 1. The van der Waals surface area contributed by atoms with Crippen LogP contribution in [0.5, 0.6) is 0 Å². The summed E-state index contributed by atoms with van der Waals surface area (Å²) in [4.78, 5) is 30.7. The number of nitrogens with one attached hydrogen (secondary N) is 1. The number of aliphatic carboxylic acids is 1. The first-order valence-corrected chi connectivity index (χ1v) is 14.2. The summed E-state index contributed by atoms with van der Waals surface area (Å²) < 4.78 is 31.7. The van der Waals surface area contributed by atoms with Crippen molar-refractivity contribution < 1.29 is 27.9 Å². The van der Waals surface area contributed by atoms with Crippen LogP contribution in [0.25, 0.3) is 10.9 Å². The Morgan fingerprint density at radius 1 is 1.00 bits per heavy atom. The lowest BCUT2D eigenvalue weighted by Crippen LogP contribution is -2.44. The SMILES string of the molecule is Cc1cccc(C)c1C1CCN(Cc2c(C(=O)N3CCCC(C)(C)C3)[nH]c3ccccc23)CC1.O=C(O)C(F)(F)F. The Kier molecular flexibility index (Phi) is 9.16. The van der Waals surface area contributed by atoms with Crippen LogP contribution in [0.15, 0.2) is 42.5 Å². The van der Waals surface area contributed by atoms with Crippen molar-refractivity contribution in [2.45, 2.75) is 72.0 Å². The first-order valence-electron chi connectivity index (χ1n) is 14.2. The van der Waals surface area contributed by atoms with Crippen molar-refractivity contribution in [3.63, 3.8) is 0 Å². The van der Waals surface area contributed by atoms with E-state index in [0.29, 0.717) is 5.92 Å². The molecule has 2 aliphatic rings. The number of carbonyl (C=O) groups is 2. The van der Waals surface area contributed by atoms with Crippen LogP contribution >= 0.6 is 0 Å². The first kappa shape index (κ1) is 30.6. The topological polar surface area (TPSA) is 76.6 Å². The van der Waals surface area contributed by atoms with Gasteiger partial charge in [0.05, 0.1) is 0 Å². The molecule has 1 amide bonds. The van der Waals surface area contributed by atoms with Gasteiger partial charge in [-0.2, -0.15) is 13.2 Å². The maximum atomic E-state index is 13.7. The van der Waals surface area contributed by atoms with Crippen molar-refractivity contribution in [2.24, 2.45) is 5.41 Å². The molecule has 5 rings (SSSR count). The van der Waals surface area contributed by atoms with Crippen molar-refractivity contribution in [3.8, 4) is 0 Å². The average Bonchev–Trinajstić information content (AvgIpc) is 3.26. The molecule has 0 spiro atoms. The van der Waals surface area contributed by atoms with E-state index in [1.807, 2.05) is 0 Å². The maximum absolute atomic E-state index is 13.7. The van der Waals surface area contributed by atoms with Gasteiger partial charge in [0, 0.05) is 36.1 Å². The third-order valence-corrected chi connectivity index (χ3v) is 8.38. The molecule has 0 radical (unpaired) electrons. The summed E-state index contributed by atoms with van der Waals surface area (Å²) in [7, 11) is 0. The number of benzene rings is 2. The summed E-state index contributed by atoms with van der Waals surface area (Å²) >= 11 is 0. The summed E-state index contributed by atoms with van der Waals surface area (Å²) in [6.07, 6.45) is -0.457. The number of aryl methyl sites for hydroxylation is 2. The molecule has 41 heavy (non-hydrogen) atoms. The lowest BCUT2D eigenvalue weighted by Gasteiger charge is -2.38. The monoisotopic (exact) mass is 571 g/mol. The molecule has 2 fully saturated rings.